The van der Waals surface area contributed by atoms with Crippen LogP contribution in [0.15, 0.2) is 24.3 Å². The van der Waals surface area contributed by atoms with E-state index in [1.54, 1.807) is 0 Å². The second-order valence-corrected chi connectivity index (χ2v) is 7.11. The van der Waals surface area contributed by atoms with Gasteiger partial charge in [0.1, 0.15) is 0 Å². The van der Waals surface area contributed by atoms with E-state index in [4.69, 9.17) is 5.73 Å². The highest BCUT2D eigenvalue weighted by Gasteiger charge is 2.25. The second kappa shape index (κ2) is 7.95. The summed E-state index contributed by atoms with van der Waals surface area (Å²) in [6, 6.07) is 10.2. The van der Waals surface area contributed by atoms with E-state index in [-0.39, 0.29) is 0 Å². The Morgan fingerprint density at radius 3 is 2.38 bits per heavy atom. The predicted molar refractivity (Wildman–Crippen MR) is 91.3 cm³/mol. The van der Waals surface area contributed by atoms with Gasteiger partial charge in [-0.15, -0.1) is 0 Å². The van der Waals surface area contributed by atoms with E-state index in [1.165, 1.54) is 43.2 Å². The Morgan fingerprint density at radius 1 is 1.10 bits per heavy atom. The van der Waals surface area contributed by atoms with E-state index in [0.29, 0.717) is 18.0 Å². The standard InChI is InChI=1S/C19H32N2/c1-14(2)12-16-8-10-17(11-9-16)15(3)21-19-7-5-4-6-18(19)13-20/h8-11,14-15,18-19,21H,4-7,12-13,20H2,1-3H3. The Kier molecular flexibility index (Phi) is 6.25. The van der Waals surface area contributed by atoms with Gasteiger partial charge < -0.3 is 11.1 Å². The van der Waals surface area contributed by atoms with Gasteiger partial charge in [-0.2, -0.15) is 0 Å². The number of rotatable bonds is 6. The fourth-order valence-corrected chi connectivity index (χ4v) is 3.54. The summed E-state index contributed by atoms with van der Waals surface area (Å²) in [5.41, 5.74) is 8.77. The minimum absolute atomic E-state index is 0.412. The van der Waals surface area contributed by atoms with Crippen LogP contribution in [0.25, 0.3) is 0 Å². The fraction of sp³-hybridized carbons (Fsp3) is 0.684. The average Bonchev–Trinajstić information content (AvgIpc) is 2.48. The van der Waals surface area contributed by atoms with Crippen LogP contribution in [0.2, 0.25) is 0 Å². The topological polar surface area (TPSA) is 38.0 Å². The van der Waals surface area contributed by atoms with E-state index in [9.17, 15) is 0 Å². The predicted octanol–water partition coefficient (Wildman–Crippen LogP) is 4.05. The number of nitrogens with one attached hydrogen (secondary N) is 1. The molecule has 3 atom stereocenters. The van der Waals surface area contributed by atoms with Crippen molar-refractivity contribution in [2.24, 2.45) is 17.6 Å². The van der Waals surface area contributed by atoms with Gasteiger partial charge in [0.15, 0.2) is 0 Å². The number of hydrogen-bond acceptors (Lipinski definition) is 2. The van der Waals surface area contributed by atoms with Gasteiger partial charge in [-0.25, -0.2) is 0 Å². The van der Waals surface area contributed by atoms with Crippen LogP contribution in [0.3, 0.4) is 0 Å². The molecule has 21 heavy (non-hydrogen) atoms. The summed E-state index contributed by atoms with van der Waals surface area (Å²) in [4.78, 5) is 0. The molecule has 118 valence electrons. The van der Waals surface area contributed by atoms with Gasteiger partial charge in [0.25, 0.3) is 0 Å². The van der Waals surface area contributed by atoms with Crippen LogP contribution < -0.4 is 11.1 Å². The zero-order valence-corrected chi connectivity index (χ0v) is 13.9. The molecule has 0 aromatic heterocycles. The molecule has 2 rings (SSSR count). The summed E-state index contributed by atoms with van der Waals surface area (Å²) < 4.78 is 0. The van der Waals surface area contributed by atoms with Gasteiger partial charge >= 0.3 is 0 Å². The lowest BCUT2D eigenvalue weighted by Gasteiger charge is -2.34. The second-order valence-electron chi connectivity index (χ2n) is 7.11. The first-order chi connectivity index (χ1) is 10.1. The van der Waals surface area contributed by atoms with E-state index in [1.807, 2.05) is 0 Å². The Labute approximate surface area is 130 Å². The Hall–Kier alpha value is -0.860. The molecule has 3 unspecified atom stereocenters. The number of nitrogens with two attached hydrogens (primary N) is 1. The summed E-state index contributed by atoms with van der Waals surface area (Å²) in [7, 11) is 0. The quantitative estimate of drug-likeness (QED) is 0.828. The largest absolute Gasteiger partial charge is 0.330 e. The molecule has 0 amide bonds. The highest BCUT2D eigenvalue weighted by molar-refractivity contribution is 5.25. The molecule has 0 bridgehead atoms. The van der Waals surface area contributed by atoms with Gasteiger partial charge in [0.05, 0.1) is 0 Å². The van der Waals surface area contributed by atoms with Crippen LogP contribution in [0.4, 0.5) is 0 Å². The van der Waals surface area contributed by atoms with Gasteiger partial charge in [0.2, 0.25) is 0 Å². The summed E-state index contributed by atoms with van der Waals surface area (Å²) in [6.45, 7) is 7.64. The third-order valence-electron chi connectivity index (χ3n) is 4.80. The van der Waals surface area contributed by atoms with Crippen LogP contribution in [0.1, 0.15) is 63.6 Å². The lowest BCUT2D eigenvalue weighted by Crippen LogP contribution is -2.42. The van der Waals surface area contributed by atoms with Crippen molar-refractivity contribution in [3.05, 3.63) is 35.4 Å². The van der Waals surface area contributed by atoms with E-state index < -0.39 is 0 Å². The molecular formula is C19H32N2. The first-order valence-electron chi connectivity index (χ1n) is 8.65. The summed E-state index contributed by atoms with van der Waals surface area (Å²) >= 11 is 0. The molecule has 1 aliphatic rings. The van der Waals surface area contributed by atoms with Crippen molar-refractivity contribution in [3.63, 3.8) is 0 Å². The number of benzene rings is 1. The lowest BCUT2D eigenvalue weighted by atomic mass is 9.84. The summed E-state index contributed by atoms with van der Waals surface area (Å²) in [5.74, 6) is 1.38. The Morgan fingerprint density at radius 2 is 1.76 bits per heavy atom. The summed E-state index contributed by atoms with van der Waals surface area (Å²) in [6.07, 6.45) is 6.42. The smallest absolute Gasteiger partial charge is 0.0294 e. The summed E-state index contributed by atoms with van der Waals surface area (Å²) in [5, 5.41) is 3.82. The zero-order chi connectivity index (χ0) is 15.2. The van der Waals surface area contributed by atoms with Crippen molar-refractivity contribution >= 4 is 0 Å². The SMILES string of the molecule is CC(C)Cc1ccc(C(C)NC2CCCCC2CN)cc1. The van der Waals surface area contributed by atoms with Gasteiger partial charge in [0, 0.05) is 12.1 Å². The van der Waals surface area contributed by atoms with Crippen molar-refractivity contribution in [1.82, 2.24) is 5.32 Å². The third-order valence-corrected chi connectivity index (χ3v) is 4.80. The van der Waals surface area contributed by atoms with E-state index >= 15 is 0 Å². The van der Waals surface area contributed by atoms with Crippen LogP contribution in [0, 0.1) is 11.8 Å². The van der Waals surface area contributed by atoms with E-state index in [2.05, 4.69) is 50.4 Å². The highest BCUT2D eigenvalue weighted by Crippen LogP contribution is 2.26. The molecule has 1 saturated carbocycles. The molecule has 0 aliphatic heterocycles. The van der Waals surface area contributed by atoms with Crippen molar-refractivity contribution < 1.29 is 0 Å². The van der Waals surface area contributed by atoms with Gasteiger partial charge in [-0.05, 0) is 55.7 Å². The van der Waals surface area contributed by atoms with Crippen molar-refractivity contribution in [2.45, 2.75) is 65.0 Å². The molecule has 0 heterocycles. The normalized spacial score (nSPS) is 24.2. The maximum Gasteiger partial charge on any atom is 0.0294 e. The van der Waals surface area contributed by atoms with Crippen LogP contribution in [0.5, 0.6) is 0 Å². The molecule has 1 fully saturated rings. The first-order valence-corrected chi connectivity index (χ1v) is 8.65. The molecule has 0 spiro atoms. The van der Waals surface area contributed by atoms with Crippen LogP contribution in [-0.2, 0) is 6.42 Å². The van der Waals surface area contributed by atoms with Crippen LogP contribution in [-0.4, -0.2) is 12.6 Å². The molecular weight excluding hydrogens is 256 g/mol. The molecule has 0 radical (unpaired) electrons. The fourth-order valence-electron chi connectivity index (χ4n) is 3.54. The van der Waals surface area contributed by atoms with Gasteiger partial charge in [-0.1, -0.05) is 51.0 Å². The number of hydrogen-bond donors (Lipinski definition) is 2. The van der Waals surface area contributed by atoms with Crippen LogP contribution >= 0.6 is 0 Å². The van der Waals surface area contributed by atoms with Gasteiger partial charge in [-0.3, -0.25) is 0 Å². The molecule has 2 nitrogen and oxygen atoms in total. The zero-order valence-electron chi connectivity index (χ0n) is 13.9. The molecule has 1 aromatic rings. The maximum absolute atomic E-state index is 5.93. The minimum atomic E-state index is 0.412. The Balaban J connectivity index is 1.94. The van der Waals surface area contributed by atoms with E-state index in [0.717, 1.165) is 12.5 Å². The average molecular weight is 288 g/mol. The lowest BCUT2D eigenvalue weighted by molar-refractivity contribution is 0.252. The highest BCUT2D eigenvalue weighted by atomic mass is 15.0. The first kappa shape index (κ1) is 16.5. The molecule has 1 aromatic carbocycles. The van der Waals surface area contributed by atoms with Crippen molar-refractivity contribution in [3.8, 4) is 0 Å². The molecule has 2 heteroatoms. The van der Waals surface area contributed by atoms with Crippen molar-refractivity contribution in [2.75, 3.05) is 6.54 Å². The minimum Gasteiger partial charge on any atom is -0.330 e. The monoisotopic (exact) mass is 288 g/mol. The maximum atomic E-state index is 5.93. The third kappa shape index (κ3) is 4.82. The molecule has 0 saturated heterocycles. The molecule has 3 N–H and O–H groups in total. The molecule has 1 aliphatic carbocycles. The Bertz CT molecular complexity index is 410. The van der Waals surface area contributed by atoms with Crippen molar-refractivity contribution in [1.29, 1.82) is 0 Å².